The molecule has 6 heteroatoms. The monoisotopic (exact) mass is 1030 g/mol. The molecule has 0 spiro atoms. The zero-order valence-corrected chi connectivity index (χ0v) is 48.3. The molecule has 0 aliphatic carbocycles. The zero-order chi connectivity index (χ0) is 54.3. The van der Waals surface area contributed by atoms with E-state index in [0.29, 0.717) is 12.8 Å². The van der Waals surface area contributed by atoms with Crippen LogP contribution in [0, 0.1) is 0 Å². The minimum absolute atomic E-state index is 0.112. The first kappa shape index (κ1) is 70.3. The second-order valence-electron chi connectivity index (χ2n) is 19.5. The molecule has 0 aromatic heterocycles. The number of ether oxygens (including phenoxy) is 3. The normalized spacial score (nSPS) is 13.2. The Labute approximate surface area is 461 Å². The second-order valence-corrected chi connectivity index (χ2v) is 19.5. The van der Waals surface area contributed by atoms with Crippen molar-refractivity contribution in [3.05, 3.63) is 146 Å². The summed E-state index contributed by atoms with van der Waals surface area (Å²) in [4.78, 5) is 38.1. The molecule has 0 amide bonds. The summed E-state index contributed by atoms with van der Waals surface area (Å²) >= 11 is 0. The Hall–Kier alpha value is -4.71. The highest BCUT2D eigenvalue weighted by atomic mass is 16.6. The molecule has 0 saturated heterocycles. The Morgan fingerprint density at radius 3 is 0.827 bits per heavy atom. The van der Waals surface area contributed by atoms with Crippen molar-refractivity contribution >= 4 is 17.9 Å². The van der Waals surface area contributed by atoms with Crippen LogP contribution in [0.5, 0.6) is 0 Å². The molecule has 6 nitrogen and oxygen atoms in total. The lowest BCUT2D eigenvalue weighted by Gasteiger charge is -2.18. The minimum atomic E-state index is -0.822. The second kappa shape index (κ2) is 61.8. The van der Waals surface area contributed by atoms with Gasteiger partial charge in [0.15, 0.2) is 6.10 Å². The lowest BCUT2D eigenvalue weighted by molar-refractivity contribution is -0.166. The molecule has 0 bridgehead atoms. The summed E-state index contributed by atoms with van der Waals surface area (Å²) in [6, 6.07) is 0. The van der Waals surface area contributed by atoms with Crippen LogP contribution in [0.1, 0.15) is 252 Å². The Kier molecular flexibility index (Phi) is 58.0. The van der Waals surface area contributed by atoms with E-state index in [-0.39, 0.29) is 44.0 Å². The fourth-order valence-electron chi connectivity index (χ4n) is 7.91. The quantitative estimate of drug-likeness (QED) is 0.0261. The van der Waals surface area contributed by atoms with E-state index in [9.17, 15) is 14.4 Å². The van der Waals surface area contributed by atoms with E-state index in [1.165, 1.54) is 70.6 Å². The topological polar surface area (TPSA) is 78.9 Å². The van der Waals surface area contributed by atoms with E-state index >= 15 is 0 Å². The van der Waals surface area contributed by atoms with Crippen molar-refractivity contribution in [1.29, 1.82) is 0 Å². The third-order valence-electron chi connectivity index (χ3n) is 12.3. The molecule has 0 heterocycles. The van der Waals surface area contributed by atoms with Crippen molar-refractivity contribution in [3.63, 3.8) is 0 Å². The molecule has 0 aromatic carbocycles. The Morgan fingerprint density at radius 1 is 0.267 bits per heavy atom. The molecule has 0 radical (unpaired) electrons. The first-order valence-electron chi connectivity index (χ1n) is 30.3. The molecule has 1 atom stereocenters. The van der Waals surface area contributed by atoms with Gasteiger partial charge < -0.3 is 14.2 Å². The molecule has 0 rings (SSSR count). The van der Waals surface area contributed by atoms with Crippen molar-refractivity contribution in [3.8, 4) is 0 Å². The number of carbonyl (C=O) groups excluding carboxylic acids is 3. The summed E-state index contributed by atoms with van der Waals surface area (Å²) in [7, 11) is 0. The lowest BCUT2D eigenvalue weighted by atomic mass is 10.0. The van der Waals surface area contributed by atoms with Gasteiger partial charge >= 0.3 is 17.9 Å². The van der Waals surface area contributed by atoms with Crippen LogP contribution in [-0.4, -0.2) is 37.2 Å². The summed E-state index contributed by atoms with van der Waals surface area (Å²) in [6.07, 6.45) is 88.7. The van der Waals surface area contributed by atoms with Gasteiger partial charge in [-0.2, -0.15) is 0 Å². The molecule has 0 fully saturated rings. The van der Waals surface area contributed by atoms with Gasteiger partial charge in [0.25, 0.3) is 0 Å². The molecule has 0 aromatic rings. The number of hydrogen-bond acceptors (Lipinski definition) is 6. The lowest BCUT2D eigenvalue weighted by Crippen LogP contribution is -2.30. The van der Waals surface area contributed by atoms with Gasteiger partial charge in [-0.05, 0) is 122 Å². The Bertz CT molecular complexity index is 1660. The average molecular weight is 1040 g/mol. The van der Waals surface area contributed by atoms with Crippen LogP contribution in [0.15, 0.2) is 146 Å². The third-order valence-corrected chi connectivity index (χ3v) is 12.3. The molecular weight excluding hydrogens is 925 g/mol. The fourth-order valence-corrected chi connectivity index (χ4v) is 7.91. The SMILES string of the molecule is CC/C=C\C/C=C\C/C=C\C/C=C\C/C=C\CCCCCCCCCCCCCCCC(=O)OCC(COC(=O)CC/C=C\C/C=C\C/C=C\C/C=C\CC)OC(=O)CCCCCCC/C=C\C/C=C\C/C=C\CC. The maximum Gasteiger partial charge on any atom is 0.306 e. The number of esters is 3. The number of rotatable bonds is 53. The van der Waals surface area contributed by atoms with Crippen LogP contribution in [0.2, 0.25) is 0 Å². The van der Waals surface area contributed by atoms with Gasteiger partial charge in [0.05, 0.1) is 0 Å². The molecule has 0 aliphatic heterocycles. The third kappa shape index (κ3) is 60.0. The molecule has 0 aliphatic rings. The van der Waals surface area contributed by atoms with E-state index < -0.39 is 6.10 Å². The number of hydrogen-bond donors (Lipinski definition) is 0. The van der Waals surface area contributed by atoms with Crippen LogP contribution in [0.25, 0.3) is 0 Å². The number of allylic oxidation sites excluding steroid dienone is 24. The summed E-state index contributed by atoms with van der Waals surface area (Å²) in [5.74, 6) is -1.02. The zero-order valence-electron chi connectivity index (χ0n) is 48.3. The summed E-state index contributed by atoms with van der Waals surface area (Å²) in [6.45, 7) is 6.21. The van der Waals surface area contributed by atoms with E-state index in [4.69, 9.17) is 14.2 Å². The van der Waals surface area contributed by atoms with Crippen molar-refractivity contribution in [2.24, 2.45) is 0 Å². The minimum Gasteiger partial charge on any atom is -0.462 e. The average Bonchev–Trinajstić information content (AvgIpc) is 3.41. The Morgan fingerprint density at radius 2 is 0.507 bits per heavy atom. The highest BCUT2D eigenvalue weighted by Gasteiger charge is 2.19. The van der Waals surface area contributed by atoms with Crippen LogP contribution < -0.4 is 0 Å². The fraction of sp³-hybridized carbons (Fsp3) is 0.609. The predicted molar refractivity (Wildman–Crippen MR) is 325 cm³/mol. The van der Waals surface area contributed by atoms with Gasteiger partial charge in [0.1, 0.15) is 13.2 Å². The Balaban J connectivity index is 4.32. The van der Waals surface area contributed by atoms with Gasteiger partial charge in [-0.25, -0.2) is 0 Å². The van der Waals surface area contributed by atoms with Gasteiger partial charge in [0, 0.05) is 19.3 Å². The maximum atomic E-state index is 12.8. The number of unbranched alkanes of at least 4 members (excludes halogenated alkanes) is 18. The predicted octanol–water partition coefficient (Wildman–Crippen LogP) is 20.8. The van der Waals surface area contributed by atoms with Crippen molar-refractivity contribution < 1.29 is 28.6 Å². The first-order chi connectivity index (χ1) is 37.0. The van der Waals surface area contributed by atoms with Crippen LogP contribution in [-0.2, 0) is 28.6 Å². The summed E-state index contributed by atoms with van der Waals surface area (Å²) < 4.78 is 16.8. The molecule has 422 valence electrons. The molecule has 0 N–H and O–H groups in total. The highest BCUT2D eigenvalue weighted by Crippen LogP contribution is 2.15. The van der Waals surface area contributed by atoms with Gasteiger partial charge in [-0.15, -0.1) is 0 Å². The van der Waals surface area contributed by atoms with Crippen molar-refractivity contribution in [2.75, 3.05) is 13.2 Å². The molecular formula is C69H110O6. The standard InChI is InChI=1S/C69H110O6/c1-4-7-10-13-16-19-22-25-27-28-29-30-31-32-33-34-35-36-37-38-39-40-42-44-47-50-53-56-59-62-68(71)74-65-66(64-73-67(70)61-58-55-52-49-46-43-24-21-18-15-12-9-6-3)75-69(72)63-60-57-54-51-48-45-41-26-23-20-17-14-11-8-5-2/h7-12,16-21,25-27,29-30,32-33,41,43,46,52,55,66H,4-6,13-15,22-24,28,31,34-40,42,44-45,47-51,53-54,56-65H2,1-3H3/b10-7-,11-8-,12-9-,19-16-,20-17-,21-18-,27-25-,30-29-,33-32-,41-26-,46-43-,55-52-. The number of carbonyl (C=O) groups is 3. The summed E-state index contributed by atoms with van der Waals surface area (Å²) in [5, 5.41) is 0. The van der Waals surface area contributed by atoms with Crippen LogP contribution >= 0.6 is 0 Å². The smallest absolute Gasteiger partial charge is 0.306 e. The highest BCUT2D eigenvalue weighted by molar-refractivity contribution is 5.71. The van der Waals surface area contributed by atoms with Crippen LogP contribution in [0.4, 0.5) is 0 Å². The van der Waals surface area contributed by atoms with E-state index in [1.807, 2.05) is 12.2 Å². The maximum absolute atomic E-state index is 12.8. The van der Waals surface area contributed by atoms with Crippen molar-refractivity contribution in [2.45, 2.75) is 258 Å². The van der Waals surface area contributed by atoms with E-state index in [2.05, 4.69) is 154 Å². The van der Waals surface area contributed by atoms with Gasteiger partial charge in [-0.1, -0.05) is 256 Å². The van der Waals surface area contributed by atoms with E-state index in [0.717, 1.165) is 135 Å². The molecule has 0 saturated carbocycles. The largest absolute Gasteiger partial charge is 0.462 e. The molecule has 75 heavy (non-hydrogen) atoms. The van der Waals surface area contributed by atoms with E-state index in [1.54, 1.807) is 0 Å². The van der Waals surface area contributed by atoms with Gasteiger partial charge in [-0.3, -0.25) is 14.4 Å². The summed E-state index contributed by atoms with van der Waals surface area (Å²) in [5.41, 5.74) is 0. The van der Waals surface area contributed by atoms with Crippen molar-refractivity contribution in [1.82, 2.24) is 0 Å². The van der Waals surface area contributed by atoms with Crippen LogP contribution in [0.3, 0.4) is 0 Å². The van der Waals surface area contributed by atoms with Gasteiger partial charge in [0.2, 0.25) is 0 Å². The first-order valence-corrected chi connectivity index (χ1v) is 30.3. The molecule has 1 unspecified atom stereocenters.